The first-order valence-corrected chi connectivity index (χ1v) is 15.2. The van der Waals surface area contributed by atoms with Crippen molar-refractivity contribution in [1.29, 1.82) is 0 Å². The largest absolute Gasteiger partial charge is 0.396 e. The molecule has 1 fully saturated rings. The lowest BCUT2D eigenvalue weighted by Crippen LogP contribution is -2.51. The number of benzene rings is 1. The van der Waals surface area contributed by atoms with E-state index in [0.717, 1.165) is 24.8 Å². The summed E-state index contributed by atoms with van der Waals surface area (Å²) in [6.07, 6.45) is 3.08. The number of nitrogens with one attached hydrogen (secondary N) is 2. The zero-order chi connectivity index (χ0) is 27.3. The summed E-state index contributed by atoms with van der Waals surface area (Å²) in [6.45, 7) is 6.14. The van der Waals surface area contributed by atoms with Crippen molar-refractivity contribution in [3.8, 4) is 0 Å². The minimum atomic E-state index is -4.05. The fraction of sp³-hybridized carbons (Fsp3) is 0.600. The van der Waals surface area contributed by atoms with E-state index in [1.165, 1.54) is 11.3 Å². The van der Waals surface area contributed by atoms with Crippen molar-refractivity contribution in [3.63, 3.8) is 0 Å². The van der Waals surface area contributed by atoms with Crippen LogP contribution in [0.25, 0.3) is 10.4 Å². The molecule has 38 heavy (non-hydrogen) atoms. The van der Waals surface area contributed by atoms with Gasteiger partial charge in [0.1, 0.15) is 10.9 Å². The van der Waals surface area contributed by atoms with Gasteiger partial charge < -0.3 is 15.3 Å². The summed E-state index contributed by atoms with van der Waals surface area (Å²) in [6, 6.07) is 4.20. The summed E-state index contributed by atoms with van der Waals surface area (Å²) < 4.78 is 30.1. The number of aliphatic hydroxyl groups is 1. The maximum Gasteiger partial charge on any atom is 0.243 e. The van der Waals surface area contributed by atoms with Crippen molar-refractivity contribution < 1.29 is 18.3 Å². The standard InChI is InChI=1S/C25H35N7O4S2/c1-25(2)13-18-4-3-5-21(23(18)27-16-25)38(35,36)30-20(12-22-29-19(15-37-22)14-28-31-26)24(34)32-9-6-17(7-10-32)8-11-33/h3-5,15,17,20,27,30,33H,6-14,16H2,1-2H3/t20-/m0/s1. The number of sulfonamides is 1. The molecule has 0 spiro atoms. The van der Waals surface area contributed by atoms with E-state index in [4.69, 9.17) is 5.53 Å². The molecule has 11 nitrogen and oxygen atoms in total. The van der Waals surface area contributed by atoms with Crippen molar-refractivity contribution in [2.75, 3.05) is 31.6 Å². The molecule has 206 valence electrons. The van der Waals surface area contributed by atoms with Gasteiger partial charge in [-0.05, 0) is 54.2 Å². The van der Waals surface area contributed by atoms with E-state index in [9.17, 15) is 18.3 Å². The summed E-state index contributed by atoms with van der Waals surface area (Å²) in [5.74, 6) is 0.0641. The van der Waals surface area contributed by atoms with Crippen LogP contribution in [-0.4, -0.2) is 61.6 Å². The van der Waals surface area contributed by atoms with Gasteiger partial charge in [-0.3, -0.25) is 4.79 Å². The third kappa shape index (κ3) is 6.83. The van der Waals surface area contributed by atoms with Crippen LogP contribution < -0.4 is 10.0 Å². The van der Waals surface area contributed by atoms with Crippen LogP contribution in [0.4, 0.5) is 5.69 Å². The molecule has 13 heteroatoms. The SMILES string of the molecule is CC1(C)CNc2c(cccc2S(=O)(=O)N[C@@H](Cc2nc(CN=[N+]=[N-])cs2)C(=O)N2CCC(CCO)CC2)C1. The molecule has 0 saturated carbocycles. The number of azide groups is 1. The Morgan fingerprint density at radius 1 is 1.39 bits per heavy atom. The molecule has 2 aliphatic heterocycles. The Bertz CT molecular complexity index is 1300. The number of anilines is 1. The predicted molar refractivity (Wildman–Crippen MR) is 146 cm³/mol. The van der Waals surface area contributed by atoms with Crippen LogP contribution in [0.2, 0.25) is 0 Å². The number of aromatic nitrogens is 1. The Morgan fingerprint density at radius 2 is 2.16 bits per heavy atom. The van der Waals surface area contributed by atoms with Crippen LogP contribution in [0.15, 0.2) is 33.6 Å². The third-order valence-electron chi connectivity index (χ3n) is 7.15. The zero-order valence-corrected chi connectivity index (χ0v) is 23.4. The summed E-state index contributed by atoms with van der Waals surface area (Å²) >= 11 is 1.30. The lowest BCUT2D eigenvalue weighted by Gasteiger charge is -2.35. The van der Waals surface area contributed by atoms with Crippen LogP contribution in [0.1, 0.15) is 49.4 Å². The van der Waals surface area contributed by atoms with Gasteiger partial charge in [0.05, 0.1) is 22.9 Å². The number of carbonyl (C=O) groups excluding carboxylic acids is 1. The van der Waals surface area contributed by atoms with Crippen molar-refractivity contribution in [2.45, 2.75) is 63.4 Å². The quantitative estimate of drug-likeness (QED) is 0.229. The Balaban J connectivity index is 1.59. The number of hydrogen-bond acceptors (Lipinski definition) is 8. The smallest absolute Gasteiger partial charge is 0.243 e. The molecule has 3 N–H and O–H groups in total. The average Bonchev–Trinajstić information content (AvgIpc) is 3.33. The lowest BCUT2D eigenvalue weighted by molar-refractivity contribution is -0.134. The van der Waals surface area contributed by atoms with Crippen molar-refractivity contribution in [3.05, 3.63) is 50.3 Å². The molecule has 1 aromatic heterocycles. The number of amides is 1. The maximum atomic E-state index is 13.7. The number of fused-ring (bicyclic) bond motifs is 1. The van der Waals surface area contributed by atoms with Gasteiger partial charge in [0.25, 0.3) is 0 Å². The normalized spacial score (nSPS) is 18.2. The third-order valence-corrected chi connectivity index (χ3v) is 9.58. The van der Waals surface area contributed by atoms with Gasteiger partial charge in [-0.1, -0.05) is 31.1 Å². The number of rotatable bonds is 10. The van der Waals surface area contributed by atoms with Gasteiger partial charge >= 0.3 is 0 Å². The van der Waals surface area contributed by atoms with Crippen LogP contribution in [-0.2, 0) is 34.2 Å². The van der Waals surface area contributed by atoms with Gasteiger partial charge in [0, 0.05) is 43.0 Å². The topological polar surface area (TPSA) is 160 Å². The second-order valence-electron chi connectivity index (χ2n) is 10.8. The van der Waals surface area contributed by atoms with E-state index >= 15 is 0 Å². The predicted octanol–water partition coefficient (Wildman–Crippen LogP) is 3.46. The average molecular weight is 562 g/mol. The van der Waals surface area contributed by atoms with Crippen LogP contribution >= 0.6 is 11.3 Å². The molecule has 0 aliphatic carbocycles. The Morgan fingerprint density at radius 3 is 2.87 bits per heavy atom. The van der Waals surface area contributed by atoms with E-state index in [-0.39, 0.29) is 35.8 Å². The second-order valence-corrected chi connectivity index (χ2v) is 13.4. The van der Waals surface area contributed by atoms with Crippen molar-refractivity contribution in [1.82, 2.24) is 14.6 Å². The maximum absolute atomic E-state index is 13.7. The van der Waals surface area contributed by atoms with Crippen LogP contribution in [0.3, 0.4) is 0 Å². The molecule has 0 radical (unpaired) electrons. The minimum Gasteiger partial charge on any atom is -0.396 e. The number of likely N-dealkylation sites (tertiary alicyclic amines) is 1. The first-order chi connectivity index (χ1) is 18.1. The number of nitrogens with zero attached hydrogens (tertiary/aromatic N) is 5. The molecule has 1 aromatic carbocycles. The summed E-state index contributed by atoms with van der Waals surface area (Å²) in [5, 5.41) is 18.4. The van der Waals surface area contributed by atoms with E-state index < -0.39 is 16.1 Å². The minimum absolute atomic E-state index is 0.00159. The van der Waals surface area contributed by atoms with E-state index in [1.807, 2.05) is 6.07 Å². The van der Waals surface area contributed by atoms with Gasteiger partial charge in [-0.15, -0.1) is 11.3 Å². The molecule has 1 amide bonds. The zero-order valence-electron chi connectivity index (χ0n) is 21.8. The first kappa shape index (κ1) is 28.3. The molecule has 1 atom stereocenters. The van der Waals surface area contributed by atoms with Crippen molar-refractivity contribution >= 4 is 33.0 Å². The number of para-hydroxylation sites is 1. The fourth-order valence-corrected chi connectivity index (χ4v) is 7.37. The van der Waals surface area contributed by atoms with Gasteiger partial charge in [0.2, 0.25) is 15.9 Å². The Kier molecular flexibility index (Phi) is 8.94. The lowest BCUT2D eigenvalue weighted by atomic mass is 9.82. The van der Waals surface area contributed by atoms with Crippen LogP contribution in [0, 0.1) is 11.3 Å². The number of aliphatic hydroxyl groups excluding tert-OH is 1. The molecule has 1 saturated heterocycles. The summed E-state index contributed by atoms with van der Waals surface area (Å²) in [7, 11) is -4.05. The molecule has 2 aliphatic rings. The van der Waals surface area contributed by atoms with Gasteiger partial charge in [-0.2, -0.15) is 4.72 Å². The van der Waals surface area contributed by atoms with E-state index in [0.29, 0.717) is 48.4 Å². The molecule has 3 heterocycles. The number of thiazole rings is 1. The summed E-state index contributed by atoms with van der Waals surface area (Å²) in [5.41, 5.74) is 10.7. The van der Waals surface area contributed by atoms with Crippen molar-refractivity contribution in [2.24, 2.45) is 16.4 Å². The highest BCUT2D eigenvalue weighted by atomic mass is 32.2. The Hall–Kier alpha value is -2.70. The number of piperidine rings is 1. The molecular formula is C25H35N7O4S2. The Labute approximate surface area is 227 Å². The molecule has 2 aromatic rings. The highest BCUT2D eigenvalue weighted by Crippen LogP contribution is 2.36. The highest BCUT2D eigenvalue weighted by Gasteiger charge is 2.35. The molecule has 0 unspecified atom stereocenters. The monoisotopic (exact) mass is 561 g/mol. The highest BCUT2D eigenvalue weighted by molar-refractivity contribution is 7.89. The fourth-order valence-electron chi connectivity index (χ4n) is 5.12. The van der Waals surface area contributed by atoms with Crippen LogP contribution in [0.5, 0.6) is 0 Å². The number of hydrogen-bond donors (Lipinski definition) is 3. The van der Waals surface area contributed by atoms with Gasteiger partial charge in [-0.25, -0.2) is 13.4 Å². The number of carbonyl (C=O) groups is 1. The molecule has 0 bridgehead atoms. The molecule has 4 rings (SSSR count). The van der Waals surface area contributed by atoms with E-state index in [2.05, 4.69) is 38.9 Å². The first-order valence-electron chi connectivity index (χ1n) is 12.8. The van der Waals surface area contributed by atoms with E-state index in [1.54, 1.807) is 22.4 Å². The van der Waals surface area contributed by atoms with Gasteiger partial charge in [0.15, 0.2) is 0 Å². The summed E-state index contributed by atoms with van der Waals surface area (Å²) in [4.78, 5) is 22.7. The molecular weight excluding hydrogens is 526 g/mol. The second kappa shape index (κ2) is 12.0.